The van der Waals surface area contributed by atoms with E-state index < -0.39 is 23.0 Å². The van der Waals surface area contributed by atoms with Gasteiger partial charge in [0.15, 0.2) is 0 Å². The molecule has 0 atom stereocenters. The molecule has 1 aromatic rings. The first kappa shape index (κ1) is 9.37. The number of hydrogen-bond acceptors (Lipinski definition) is 3. The van der Waals surface area contributed by atoms with Gasteiger partial charge in [-0.15, -0.1) is 11.7 Å². The van der Waals surface area contributed by atoms with Crippen LogP contribution in [-0.4, -0.2) is 16.7 Å². The predicted molar refractivity (Wildman–Crippen MR) is 43.5 cm³/mol. The van der Waals surface area contributed by atoms with Crippen LogP contribution in [-0.2, 0) is 0 Å². The fourth-order valence-corrected chi connectivity index (χ4v) is 0.740. The molecule has 1 rings (SSSR count). The second-order valence-electron chi connectivity index (χ2n) is 2.20. The van der Waals surface area contributed by atoms with Crippen molar-refractivity contribution in [3.05, 3.63) is 34.8 Å². The Balaban J connectivity index is 3.10. The van der Waals surface area contributed by atoms with Gasteiger partial charge in [-0.25, -0.2) is 5.10 Å². The number of halogens is 2. The van der Waals surface area contributed by atoms with Crippen molar-refractivity contribution in [2.24, 2.45) is 0 Å². The monoisotopic (exact) mass is 187 g/mol. The van der Waals surface area contributed by atoms with Crippen molar-refractivity contribution in [1.82, 2.24) is 10.2 Å². The van der Waals surface area contributed by atoms with Crippen LogP contribution in [0.5, 0.6) is 0 Å². The lowest BCUT2D eigenvalue weighted by atomic mass is 10.4. The lowest BCUT2D eigenvalue weighted by molar-refractivity contribution is 0.465. The van der Waals surface area contributed by atoms with Gasteiger partial charge in [0, 0.05) is 6.54 Å². The Morgan fingerprint density at radius 1 is 1.62 bits per heavy atom. The summed E-state index contributed by atoms with van der Waals surface area (Å²) in [7, 11) is 0. The van der Waals surface area contributed by atoms with Gasteiger partial charge in [-0.05, 0) is 0 Å². The summed E-state index contributed by atoms with van der Waals surface area (Å²) in [5.74, 6) is -2.63. The highest BCUT2D eigenvalue weighted by Crippen LogP contribution is 2.07. The molecule has 0 fully saturated rings. The largest absolute Gasteiger partial charge is 0.375 e. The molecule has 0 bridgehead atoms. The molecule has 0 amide bonds. The molecule has 0 unspecified atom stereocenters. The summed E-state index contributed by atoms with van der Waals surface area (Å²) in [5, 5.41) is 6.96. The molecular formula is C7H7F2N3O. The first-order valence-electron chi connectivity index (χ1n) is 3.45. The Kier molecular flexibility index (Phi) is 2.73. The molecule has 1 heterocycles. The van der Waals surface area contributed by atoms with Gasteiger partial charge in [0.25, 0.3) is 11.5 Å². The van der Waals surface area contributed by atoms with Gasteiger partial charge in [0.05, 0.1) is 0 Å². The van der Waals surface area contributed by atoms with E-state index in [9.17, 15) is 13.6 Å². The van der Waals surface area contributed by atoms with Crippen LogP contribution in [0.3, 0.4) is 0 Å². The molecule has 0 aliphatic rings. The van der Waals surface area contributed by atoms with Crippen LogP contribution in [0, 0.1) is 11.8 Å². The molecule has 0 spiro atoms. The minimum absolute atomic E-state index is 0.170. The molecule has 70 valence electrons. The maximum atomic E-state index is 12.8. The van der Waals surface area contributed by atoms with Gasteiger partial charge in [0.2, 0.25) is 5.82 Å². The van der Waals surface area contributed by atoms with E-state index >= 15 is 0 Å². The van der Waals surface area contributed by atoms with Gasteiger partial charge < -0.3 is 5.32 Å². The third-order valence-corrected chi connectivity index (χ3v) is 1.31. The third kappa shape index (κ3) is 1.90. The Bertz CT molecular complexity index is 374. The SMILES string of the molecule is C=CCNc1c(F)c(F)n[nH]c1=O. The molecule has 6 heteroatoms. The number of aromatic amines is 1. The van der Waals surface area contributed by atoms with Crippen LogP contribution in [0.15, 0.2) is 17.4 Å². The van der Waals surface area contributed by atoms with Crippen LogP contribution in [0.25, 0.3) is 0 Å². The summed E-state index contributed by atoms with van der Waals surface area (Å²) < 4.78 is 25.3. The first-order chi connectivity index (χ1) is 6.16. The van der Waals surface area contributed by atoms with E-state index in [1.54, 1.807) is 5.10 Å². The van der Waals surface area contributed by atoms with Gasteiger partial charge in [0.1, 0.15) is 5.69 Å². The average molecular weight is 187 g/mol. The topological polar surface area (TPSA) is 57.8 Å². The van der Waals surface area contributed by atoms with Gasteiger partial charge in [-0.1, -0.05) is 6.08 Å². The zero-order valence-electron chi connectivity index (χ0n) is 6.60. The standard InChI is InChI=1S/C7H7F2N3O/c1-2-3-10-5-4(8)6(9)11-12-7(5)13/h2H,1,3H2,(H,10,11)(H,12,13). The molecular weight excluding hydrogens is 180 g/mol. The molecule has 0 aromatic carbocycles. The third-order valence-electron chi connectivity index (χ3n) is 1.31. The molecule has 0 aliphatic heterocycles. The number of anilines is 1. The van der Waals surface area contributed by atoms with Crippen LogP contribution in [0.2, 0.25) is 0 Å². The van der Waals surface area contributed by atoms with Crippen LogP contribution in [0.4, 0.5) is 14.5 Å². The highest BCUT2D eigenvalue weighted by Gasteiger charge is 2.12. The summed E-state index contributed by atoms with van der Waals surface area (Å²) in [6.45, 7) is 3.52. The number of rotatable bonds is 3. The zero-order chi connectivity index (χ0) is 9.84. The van der Waals surface area contributed by atoms with E-state index in [1.165, 1.54) is 6.08 Å². The molecule has 1 aromatic heterocycles. The van der Waals surface area contributed by atoms with Crippen molar-refractivity contribution in [3.8, 4) is 0 Å². The minimum Gasteiger partial charge on any atom is -0.375 e. The maximum absolute atomic E-state index is 12.8. The first-order valence-corrected chi connectivity index (χ1v) is 3.45. The quantitative estimate of drug-likeness (QED) is 0.683. The highest BCUT2D eigenvalue weighted by atomic mass is 19.2. The predicted octanol–water partition coefficient (Wildman–Crippen LogP) is 0.646. The number of hydrogen-bond donors (Lipinski definition) is 2. The molecule has 0 saturated carbocycles. The summed E-state index contributed by atoms with van der Waals surface area (Å²) in [6.07, 6.45) is 1.41. The van der Waals surface area contributed by atoms with Crippen LogP contribution in [0.1, 0.15) is 0 Å². The normalized spacial score (nSPS) is 9.69. The van der Waals surface area contributed by atoms with E-state index in [0.29, 0.717) is 0 Å². The van der Waals surface area contributed by atoms with Crippen molar-refractivity contribution in [1.29, 1.82) is 0 Å². The molecule has 0 aliphatic carbocycles. The van der Waals surface area contributed by atoms with Crippen LogP contribution < -0.4 is 10.9 Å². The molecule has 4 nitrogen and oxygen atoms in total. The zero-order valence-corrected chi connectivity index (χ0v) is 6.60. The summed E-state index contributed by atoms with van der Waals surface area (Å²) >= 11 is 0. The Morgan fingerprint density at radius 3 is 2.92 bits per heavy atom. The van der Waals surface area contributed by atoms with Crippen molar-refractivity contribution >= 4 is 5.69 Å². The van der Waals surface area contributed by atoms with Gasteiger partial charge in [-0.3, -0.25) is 4.79 Å². The number of H-pyrrole nitrogens is 1. The van der Waals surface area contributed by atoms with Gasteiger partial charge in [-0.2, -0.15) is 8.78 Å². The lowest BCUT2D eigenvalue weighted by Gasteiger charge is -2.02. The molecule has 0 radical (unpaired) electrons. The van der Waals surface area contributed by atoms with E-state index in [-0.39, 0.29) is 6.54 Å². The fourth-order valence-electron chi connectivity index (χ4n) is 0.740. The van der Waals surface area contributed by atoms with E-state index in [2.05, 4.69) is 17.0 Å². The fraction of sp³-hybridized carbons (Fsp3) is 0.143. The average Bonchev–Trinajstić information content (AvgIpc) is 2.12. The number of nitrogens with zero attached hydrogens (tertiary/aromatic N) is 1. The highest BCUT2D eigenvalue weighted by molar-refractivity contribution is 5.41. The van der Waals surface area contributed by atoms with E-state index in [0.717, 1.165) is 0 Å². The maximum Gasteiger partial charge on any atom is 0.290 e. The van der Waals surface area contributed by atoms with Gasteiger partial charge >= 0.3 is 0 Å². The van der Waals surface area contributed by atoms with Crippen molar-refractivity contribution in [2.75, 3.05) is 11.9 Å². The van der Waals surface area contributed by atoms with E-state index in [4.69, 9.17) is 0 Å². The lowest BCUT2D eigenvalue weighted by Crippen LogP contribution is -2.19. The number of nitrogens with one attached hydrogen (secondary N) is 2. The Morgan fingerprint density at radius 2 is 2.31 bits per heavy atom. The summed E-state index contributed by atoms with van der Waals surface area (Å²) in [6, 6.07) is 0. The second kappa shape index (κ2) is 3.79. The number of aromatic nitrogens is 2. The molecule has 13 heavy (non-hydrogen) atoms. The smallest absolute Gasteiger partial charge is 0.290 e. The summed E-state index contributed by atoms with van der Waals surface area (Å²) in [4.78, 5) is 10.9. The molecule has 0 saturated heterocycles. The molecule has 2 N–H and O–H groups in total. The van der Waals surface area contributed by atoms with Crippen molar-refractivity contribution in [3.63, 3.8) is 0 Å². The summed E-state index contributed by atoms with van der Waals surface area (Å²) in [5.41, 5.74) is -1.27. The van der Waals surface area contributed by atoms with E-state index in [1.807, 2.05) is 0 Å². The minimum atomic E-state index is -1.34. The Labute approximate surface area is 72.3 Å². The Hall–Kier alpha value is -1.72. The van der Waals surface area contributed by atoms with Crippen LogP contribution >= 0.6 is 0 Å². The second-order valence-corrected chi connectivity index (χ2v) is 2.20. The van der Waals surface area contributed by atoms with Crippen molar-refractivity contribution in [2.45, 2.75) is 0 Å². The van der Waals surface area contributed by atoms with Crippen molar-refractivity contribution < 1.29 is 8.78 Å².